The number of aliphatic carboxylic acids is 1. The number of aryl methyl sites for hydroxylation is 1. The lowest BCUT2D eigenvalue weighted by atomic mass is 10.0. The molecule has 1 aromatic carbocycles. The summed E-state index contributed by atoms with van der Waals surface area (Å²) in [6.07, 6.45) is 4.26. The summed E-state index contributed by atoms with van der Waals surface area (Å²) < 4.78 is 0. The maximum Gasteiger partial charge on any atom is 0.303 e. The summed E-state index contributed by atoms with van der Waals surface area (Å²) in [5.41, 5.74) is 3.54. The van der Waals surface area contributed by atoms with Crippen LogP contribution in [0.1, 0.15) is 50.7 Å². The molecule has 1 amide bonds. The Bertz CT molecular complexity index is 551. The number of benzene rings is 1. The SMILES string of the molecule is CC(C)CC(=O)N1CCc2cc(CCCCC(=O)O)ccc21. The first kappa shape index (κ1) is 16.5. The zero-order valence-electron chi connectivity index (χ0n) is 13.5. The van der Waals surface area contributed by atoms with Gasteiger partial charge in [-0.15, -0.1) is 0 Å². The third-order valence-corrected chi connectivity index (χ3v) is 4.03. The minimum absolute atomic E-state index is 0.211. The Labute approximate surface area is 132 Å². The van der Waals surface area contributed by atoms with Crippen molar-refractivity contribution in [3.63, 3.8) is 0 Å². The van der Waals surface area contributed by atoms with Crippen LogP contribution in [0, 0.1) is 5.92 Å². The van der Waals surface area contributed by atoms with Crippen molar-refractivity contribution in [2.45, 2.75) is 52.4 Å². The highest BCUT2D eigenvalue weighted by atomic mass is 16.4. The Morgan fingerprint density at radius 1 is 1.27 bits per heavy atom. The topological polar surface area (TPSA) is 57.6 Å². The largest absolute Gasteiger partial charge is 0.481 e. The smallest absolute Gasteiger partial charge is 0.303 e. The van der Waals surface area contributed by atoms with Gasteiger partial charge in [0.05, 0.1) is 0 Å². The summed E-state index contributed by atoms with van der Waals surface area (Å²) in [4.78, 5) is 24.7. The van der Waals surface area contributed by atoms with Crippen LogP contribution in [0.3, 0.4) is 0 Å². The summed E-state index contributed by atoms with van der Waals surface area (Å²) in [5, 5.41) is 8.64. The quantitative estimate of drug-likeness (QED) is 0.785. The van der Waals surface area contributed by atoms with Gasteiger partial charge in [0.2, 0.25) is 5.91 Å². The zero-order chi connectivity index (χ0) is 16.1. The van der Waals surface area contributed by atoms with Crippen LogP contribution in [0.15, 0.2) is 18.2 Å². The van der Waals surface area contributed by atoms with Crippen LogP contribution in [0.2, 0.25) is 0 Å². The summed E-state index contributed by atoms with van der Waals surface area (Å²) in [6, 6.07) is 6.30. The van der Waals surface area contributed by atoms with Crippen LogP contribution in [0.4, 0.5) is 5.69 Å². The van der Waals surface area contributed by atoms with E-state index >= 15 is 0 Å². The Kier molecular flexibility index (Phi) is 5.58. The predicted molar refractivity (Wildman–Crippen MR) is 87.1 cm³/mol. The number of hydrogen-bond acceptors (Lipinski definition) is 2. The van der Waals surface area contributed by atoms with Crippen LogP contribution >= 0.6 is 0 Å². The molecule has 22 heavy (non-hydrogen) atoms. The lowest BCUT2D eigenvalue weighted by Crippen LogP contribution is -2.29. The molecule has 0 unspecified atom stereocenters. The molecule has 1 heterocycles. The van der Waals surface area contributed by atoms with Crippen LogP contribution in [-0.4, -0.2) is 23.5 Å². The number of fused-ring (bicyclic) bond motifs is 1. The van der Waals surface area contributed by atoms with E-state index in [4.69, 9.17) is 5.11 Å². The van der Waals surface area contributed by atoms with Gasteiger partial charge in [0.25, 0.3) is 0 Å². The average molecular weight is 303 g/mol. The molecule has 0 radical (unpaired) electrons. The molecule has 0 saturated carbocycles. The summed E-state index contributed by atoms with van der Waals surface area (Å²) in [6.45, 7) is 4.91. The first-order valence-electron chi connectivity index (χ1n) is 8.11. The summed E-state index contributed by atoms with van der Waals surface area (Å²) in [5.74, 6) is -0.138. The first-order chi connectivity index (χ1) is 10.5. The van der Waals surface area contributed by atoms with Gasteiger partial charge in [0.15, 0.2) is 0 Å². The lowest BCUT2D eigenvalue weighted by Gasteiger charge is -2.18. The molecule has 4 heteroatoms. The number of rotatable bonds is 7. The normalized spacial score (nSPS) is 13.5. The average Bonchev–Trinajstić information content (AvgIpc) is 2.85. The lowest BCUT2D eigenvalue weighted by molar-refractivity contribution is -0.137. The van der Waals surface area contributed by atoms with Crippen LogP contribution in [-0.2, 0) is 22.4 Å². The zero-order valence-corrected chi connectivity index (χ0v) is 13.5. The second-order valence-corrected chi connectivity index (χ2v) is 6.46. The van der Waals surface area contributed by atoms with Crippen LogP contribution in [0.5, 0.6) is 0 Å². The van der Waals surface area contributed by atoms with Crippen molar-refractivity contribution in [1.82, 2.24) is 0 Å². The molecule has 1 aliphatic rings. The Balaban J connectivity index is 1.95. The van der Waals surface area contributed by atoms with Gasteiger partial charge in [-0.1, -0.05) is 26.0 Å². The van der Waals surface area contributed by atoms with E-state index in [1.165, 1.54) is 11.1 Å². The van der Waals surface area contributed by atoms with E-state index in [2.05, 4.69) is 26.0 Å². The molecule has 4 nitrogen and oxygen atoms in total. The van der Waals surface area contributed by atoms with Gasteiger partial charge in [0.1, 0.15) is 0 Å². The van der Waals surface area contributed by atoms with Gasteiger partial charge in [-0.05, 0) is 48.8 Å². The fourth-order valence-corrected chi connectivity index (χ4v) is 2.93. The van der Waals surface area contributed by atoms with E-state index in [9.17, 15) is 9.59 Å². The molecule has 1 aromatic rings. The second-order valence-electron chi connectivity index (χ2n) is 6.46. The van der Waals surface area contributed by atoms with E-state index < -0.39 is 5.97 Å². The van der Waals surface area contributed by atoms with Gasteiger partial charge in [-0.25, -0.2) is 0 Å². The number of amides is 1. The molecule has 0 aromatic heterocycles. The fourth-order valence-electron chi connectivity index (χ4n) is 2.93. The van der Waals surface area contributed by atoms with Gasteiger partial charge < -0.3 is 10.0 Å². The molecule has 0 spiro atoms. The molecular formula is C18H25NO3. The number of anilines is 1. The molecular weight excluding hydrogens is 278 g/mol. The van der Waals surface area contributed by atoms with Crippen molar-refractivity contribution < 1.29 is 14.7 Å². The maximum absolute atomic E-state index is 12.2. The van der Waals surface area contributed by atoms with Crippen molar-refractivity contribution in [2.75, 3.05) is 11.4 Å². The van der Waals surface area contributed by atoms with E-state index in [0.717, 1.165) is 31.5 Å². The van der Waals surface area contributed by atoms with Crippen LogP contribution < -0.4 is 4.90 Å². The van der Waals surface area contributed by atoms with Gasteiger partial charge in [-0.2, -0.15) is 0 Å². The molecule has 0 bridgehead atoms. The van der Waals surface area contributed by atoms with E-state index in [1.54, 1.807) is 0 Å². The number of carbonyl (C=O) groups excluding carboxylic acids is 1. The van der Waals surface area contributed by atoms with Crippen molar-refractivity contribution in [3.8, 4) is 0 Å². The highest BCUT2D eigenvalue weighted by molar-refractivity contribution is 5.95. The van der Waals surface area contributed by atoms with Crippen molar-refractivity contribution in [1.29, 1.82) is 0 Å². The monoisotopic (exact) mass is 303 g/mol. The third kappa shape index (κ3) is 4.33. The van der Waals surface area contributed by atoms with Gasteiger partial charge in [0, 0.05) is 25.1 Å². The van der Waals surface area contributed by atoms with Crippen molar-refractivity contribution in [3.05, 3.63) is 29.3 Å². The Morgan fingerprint density at radius 3 is 2.73 bits per heavy atom. The van der Waals surface area contributed by atoms with E-state index in [0.29, 0.717) is 18.8 Å². The minimum atomic E-state index is -0.728. The molecule has 0 aliphatic carbocycles. The minimum Gasteiger partial charge on any atom is -0.481 e. The summed E-state index contributed by atoms with van der Waals surface area (Å²) in [7, 11) is 0. The molecule has 0 atom stereocenters. The van der Waals surface area contributed by atoms with Crippen molar-refractivity contribution >= 4 is 17.6 Å². The molecule has 2 rings (SSSR count). The number of nitrogens with zero attached hydrogens (tertiary/aromatic N) is 1. The standard InChI is InChI=1S/C18H25NO3/c1-13(2)11-17(20)19-10-9-15-12-14(7-8-16(15)19)5-3-4-6-18(21)22/h7-8,12-13H,3-6,9-11H2,1-2H3,(H,21,22). The molecule has 1 aliphatic heterocycles. The number of hydrogen-bond donors (Lipinski definition) is 1. The van der Waals surface area contributed by atoms with Gasteiger partial charge in [-0.3, -0.25) is 9.59 Å². The highest BCUT2D eigenvalue weighted by Gasteiger charge is 2.24. The van der Waals surface area contributed by atoms with Crippen LogP contribution in [0.25, 0.3) is 0 Å². The number of unbranched alkanes of at least 4 members (excludes halogenated alkanes) is 1. The highest BCUT2D eigenvalue weighted by Crippen LogP contribution is 2.30. The van der Waals surface area contributed by atoms with E-state index in [-0.39, 0.29) is 12.3 Å². The number of carboxylic acid groups (broad SMARTS) is 1. The third-order valence-electron chi connectivity index (χ3n) is 4.03. The first-order valence-corrected chi connectivity index (χ1v) is 8.11. The van der Waals surface area contributed by atoms with Crippen molar-refractivity contribution in [2.24, 2.45) is 5.92 Å². The fraction of sp³-hybridized carbons (Fsp3) is 0.556. The second kappa shape index (κ2) is 7.43. The Hall–Kier alpha value is -1.84. The molecule has 0 fully saturated rings. The van der Waals surface area contributed by atoms with Gasteiger partial charge >= 0.3 is 5.97 Å². The number of carbonyl (C=O) groups is 2. The maximum atomic E-state index is 12.2. The number of carboxylic acids is 1. The predicted octanol–water partition coefficient (Wildman–Crippen LogP) is 3.42. The molecule has 1 N–H and O–H groups in total. The molecule has 120 valence electrons. The Morgan fingerprint density at radius 2 is 2.05 bits per heavy atom. The van der Waals surface area contributed by atoms with E-state index in [1.807, 2.05) is 11.0 Å². The summed E-state index contributed by atoms with van der Waals surface area (Å²) >= 11 is 0. The molecule has 0 saturated heterocycles.